The fraction of sp³-hybridized carbons (Fsp3) is 0.533. The van der Waals surface area contributed by atoms with Crippen molar-refractivity contribution in [2.75, 3.05) is 24.6 Å². The second-order valence-electron chi connectivity index (χ2n) is 4.81. The van der Waals surface area contributed by atoms with E-state index >= 15 is 0 Å². The second-order valence-corrected chi connectivity index (χ2v) is 4.81. The van der Waals surface area contributed by atoms with Crippen LogP contribution in [0.5, 0.6) is 0 Å². The molecule has 18 heavy (non-hydrogen) atoms. The average Bonchev–Trinajstić information content (AvgIpc) is 2.68. The number of carbonyl (C=O) groups is 1. The Morgan fingerprint density at radius 1 is 1.44 bits per heavy atom. The summed E-state index contributed by atoms with van der Waals surface area (Å²) in [6.45, 7) is 6.56. The van der Waals surface area contributed by atoms with Crippen molar-refractivity contribution in [3.63, 3.8) is 0 Å². The molecule has 1 aliphatic rings. The van der Waals surface area contributed by atoms with Crippen LogP contribution in [0.2, 0.25) is 0 Å². The largest absolute Gasteiger partial charge is 0.466 e. The van der Waals surface area contributed by atoms with Crippen molar-refractivity contribution < 1.29 is 9.53 Å². The van der Waals surface area contributed by atoms with Gasteiger partial charge in [0.25, 0.3) is 0 Å². The van der Waals surface area contributed by atoms with Gasteiger partial charge in [-0.3, -0.25) is 4.79 Å². The minimum atomic E-state index is -0.0852. The number of ether oxygens (including phenoxy) is 1. The maximum Gasteiger partial charge on any atom is 0.305 e. The fourth-order valence-electron chi connectivity index (χ4n) is 2.58. The highest BCUT2D eigenvalue weighted by molar-refractivity contribution is 5.69. The Kier molecular flexibility index (Phi) is 4.24. The average molecular weight is 247 g/mol. The van der Waals surface area contributed by atoms with Crippen molar-refractivity contribution in [1.82, 2.24) is 0 Å². The molecule has 0 spiro atoms. The predicted molar refractivity (Wildman–Crippen MR) is 72.9 cm³/mol. The predicted octanol–water partition coefficient (Wildman–Crippen LogP) is 2.95. The first-order valence-electron chi connectivity index (χ1n) is 6.72. The van der Waals surface area contributed by atoms with Crippen LogP contribution < -0.4 is 4.90 Å². The zero-order valence-electron chi connectivity index (χ0n) is 11.2. The first-order chi connectivity index (χ1) is 8.72. The van der Waals surface area contributed by atoms with Gasteiger partial charge in [-0.1, -0.05) is 25.1 Å². The Labute approximate surface area is 109 Å². The molecule has 1 atom stereocenters. The van der Waals surface area contributed by atoms with E-state index in [0.29, 0.717) is 18.9 Å². The third kappa shape index (κ3) is 2.84. The molecule has 0 bridgehead atoms. The molecular weight excluding hydrogens is 226 g/mol. The van der Waals surface area contributed by atoms with Crippen LogP contribution in [0.4, 0.5) is 5.69 Å². The van der Waals surface area contributed by atoms with E-state index in [2.05, 4.69) is 36.1 Å². The molecule has 0 saturated heterocycles. The molecule has 0 fully saturated rings. The van der Waals surface area contributed by atoms with E-state index in [4.69, 9.17) is 4.74 Å². The van der Waals surface area contributed by atoms with Crippen LogP contribution in [0.25, 0.3) is 0 Å². The summed E-state index contributed by atoms with van der Waals surface area (Å²) in [6.07, 6.45) is 1.38. The zero-order valence-corrected chi connectivity index (χ0v) is 11.2. The molecule has 2 rings (SSSR count). The molecule has 0 aliphatic carbocycles. The summed E-state index contributed by atoms with van der Waals surface area (Å²) >= 11 is 0. The van der Waals surface area contributed by atoms with Gasteiger partial charge in [-0.05, 0) is 25.0 Å². The third-order valence-corrected chi connectivity index (χ3v) is 3.42. The molecule has 1 unspecified atom stereocenters. The van der Waals surface area contributed by atoms with Gasteiger partial charge in [-0.2, -0.15) is 0 Å². The van der Waals surface area contributed by atoms with E-state index in [0.717, 1.165) is 19.5 Å². The summed E-state index contributed by atoms with van der Waals surface area (Å²) in [5, 5.41) is 0. The van der Waals surface area contributed by atoms with Crippen LogP contribution in [0.3, 0.4) is 0 Å². The number of nitrogens with zero attached hydrogens (tertiary/aromatic N) is 1. The maximum atomic E-state index is 11.3. The molecule has 0 amide bonds. The van der Waals surface area contributed by atoms with E-state index in [1.54, 1.807) is 0 Å². The summed E-state index contributed by atoms with van der Waals surface area (Å²) in [4.78, 5) is 13.7. The molecule has 1 heterocycles. The fourth-order valence-corrected chi connectivity index (χ4v) is 2.58. The van der Waals surface area contributed by atoms with E-state index in [1.807, 2.05) is 6.92 Å². The number of rotatable bonds is 5. The minimum Gasteiger partial charge on any atom is -0.466 e. The van der Waals surface area contributed by atoms with E-state index in [9.17, 15) is 4.79 Å². The number of esters is 1. The van der Waals surface area contributed by atoms with Gasteiger partial charge >= 0.3 is 5.97 Å². The van der Waals surface area contributed by atoms with Crippen LogP contribution in [-0.4, -0.2) is 25.7 Å². The summed E-state index contributed by atoms with van der Waals surface area (Å²) in [6, 6.07) is 8.54. The summed E-state index contributed by atoms with van der Waals surface area (Å²) < 4.78 is 4.94. The Morgan fingerprint density at radius 3 is 3.00 bits per heavy atom. The van der Waals surface area contributed by atoms with Gasteiger partial charge < -0.3 is 9.64 Å². The van der Waals surface area contributed by atoms with Crippen molar-refractivity contribution in [3.05, 3.63) is 29.8 Å². The highest BCUT2D eigenvalue weighted by Crippen LogP contribution is 2.35. The number of carbonyl (C=O) groups excluding carboxylic acids is 1. The standard InChI is InChI=1S/C15H21NO2/c1-3-18-15(17)9-6-10-16-11-12(2)13-7-4-5-8-14(13)16/h4-5,7-8,12H,3,6,9-11H2,1-2H3. The molecule has 1 aromatic rings. The van der Waals surface area contributed by atoms with E-state index in [1.165, 1.54) is 11.3 Å². The van der Waals surface area contributed by atoms with E-state index in [-0.39, 0.29) is 5.97 Å². The molecule has 0 saturated carbocycles. The molecule has 3 heteroatoms. The SMILES string of the molecule is CCOC(=O)CCCN1CC(C)c2ccccc21. The second kappa shape index (κ2) is 5.89. The monoisotopic (exact) mass is 247 g/mol. The summed E-state index contributed by atoms with van der Waals surface area (Å²) in [7, 11) is 0. The molecule has 1 aromatic carbocycles. The topological polar surface area (TPSA) is 29.5 Å². The number of para-hydroxylation sites is 1. The van der Waals surface area contributed by atoms with Crippen molar-refractivity contribution in [2.24, 2.45) is 0 Å². The van der Waals surface area contributed by atoms with Gasteiger partial charge in [-0.25, -0.2) is 0 Å². The number of fused-ring (bicyclic) bond motifs is 1. The van der Waals surface area contributed by atoms with Gasteiger partial charge in [0.15, 0.2) is 0 Å². The van der Waals surface area contributed by atoms with Gasteiger partial charge in [0.1, 0.15) is 0 Å². The van der Waals surface area contributed by atoms with Crippen molar-refractivity contribution in [1.29, 1.82) is 0 Å². The first kappa shape index (κ1) is 12.9. The van der Waals surface area contributed by atoms with E-state index < -0.39 is 0 Å². The number of hydrogen-bond donors (Lipinski definition) is 0. The molecule has 3 nitrogen and oxygen atoms in total. The number of benzene rings is 1. The number of hydrogen-bond acceptors (Lipinski definition) is 3. The van der Waals surface area contributed by atoms with Crippen LogP contribution in [0, 0.1) is 0 Å². The molecular formula is C15H21NO2. The third-order valence-electron chi connectivity index (χ3n) is 3.42. The maximum absolute atomic E-state index is 11.3. The van der Waals surface area contributed by atoms with Gasteiger partial charge in [0.05, 0.1) is 6.61 Å². The van der Waals surface area contributed by atoms with Crippen molar-refractivity contribution in [2.45, 2.75) is 32.6 Å². The normalized spacial score (nSPS) is 17.7. The Balaban J connectivity index is 1.87. The molecule has 0 N–H and O–H groups in total. The highest BCUT2D eigenvalue weighted by atomic mass is 16.5. The Bertz CT molecular complexity index is 417. The lowest BCUT2D eigenvalue weighted by Crippen LogP contribution is -2.23. The lowest BCUT2D eigenvalue weighted by molar-refractivity contribution is -0.143. The Morgan fingerprint density at radius 2 is 2.22 bits per heavy atom. The van der Waals surface area contributed by atoms with Crippen LogP contribution in [0.1, 0.15) is 38.2 Å². The summed E-state index contributed by atoms with van der Waals surface area (Å²) in [5.41, 5.74) is 2.75. The van der Waals surface area contributed by atoms with Crippen LogP contribution in [-0.2, 0) is 9.53 Å². The van der Waals surface area contributed by atoms with Crippen molar-refractivity contribution >= 4 is 11.7 Å². The lowest BCUT2D eigenvalue weighted by atomic mass is 10.0. The van der Waals surface area contributed by atoms with Gasteiger partial charge in [-0.15, -0.1) is 0 Å². The quantitative estimate of drug-likeness (QED) is 0.749. The molecule has 0 aromatic heterocycles. The van der Waals surface area contributed by atoms with Gasteiger partial charge in [0.2, 0.25) is 0 Å². The Hall–Kier alpha value is -1.51. The number of anilines is 1. The minimum absolute atomic E-state index is 0.0852. The summed E-state index contributed by atoms with van der Waals surface area (Å²) in [5.74, 6) is 0.502. The molecule has 1 aliphatic heterocycles. The van der Waals surface area contributed by atoms with Crippen LogP contribution in [0.15, 0.2) is 24.3 Å². The van der Waals surface area contributed by atoms with Gasteiger partial charge in [0, 0.05) is 31.1 Å². The molecule has 98 valence electrons. The first-order valence-corrected chi connectivity index (χ1v) is 6.72. The highest BCUT2D eigenvalue weighted by Gasteiger charge is 2.24. The smallest absolute Gasteiger partial charge is 0.305 e. The lowest BCUT2D eigenvalue weighted by Gasteiger charge is -2.19. The molecule has 0 radical (unpaired) electrons. The zero-order chi connectivity index (χ0) is 13.0. The van der Waals surface area contributed by atoms with Crippen molar-refractivity contribution in [3.8, 4) is 0 Å². The van der Waals surface area contributed by atoms with Crippen LogP contribution >= 0.6 is 0 Å².